The van der Waals surface area contributed by atoms with Crippen molar-refractivity contribution in [3.8, 4) is 0 Å². The van der Waals surface area contributed by atoms with Gasteiger partial charge in [0, 0.05) is 5.54 Å². The average Bonchev–Trinajstić information content (AvgIpc) is 3.12. The van der Waals surface area contributed by atoms with Crippen molar-refractivity contribution >= 4 is 5.97 Å². The Hall–Kier alpha value is -0.570. The number of rotatable bonds is 5. The Labute approximate surface area is 104 Å². The Kier molecular flexibility index (Phi) is 4.08. The number of likely N-dealkylation sites (tertiary alicyclic amines) is 1. The topological polar surface area (TPSA) is 40.5 Å². The van der Waals surface area contributed by atoms with E-state index in [9.17, 15) is 9.90 Å². The Morgan fingerprint density at radius 1 is 1.24 bits per heavy atom. The summed E-state index contributed by atoms with van der Waals surface area (Å²) >= 11 is 0. The number of aliphatic carboxylic acids is 1. The van der Waals surface area contributed by atoms with Crippen molar-refractivity contribution in [1.82, 2.24) is 4.90 Å². The molecule has 1 aliphatic heterocycles. The van der Waals surface area contributed by atoms with Crippen LogP contribution in [0.15, 0.2) is 0 Å². The molecular formula is C14H25NO2. The van der Waals surface area contributed by atoms with Crippen LogP contribution >= 0.6 is 0 Å². The minimum atomic E-state index is -0.622. The maximum absolute atomic E-state index is 11.2. The van der Waals surface area contributed by atoms with E-state index in [1.54, 1.807) is 0 Å². The summed E-state index contributed by atoms with van der Waals surface area (Å²) in [6.07, 6.45) is 8.91. The summed E-state index contributed by atoms with van der Waals surface area (Å²) in [4.78, 5) is 13.7. The highest BCUT2D eigenvalue weighted by atomic mass is 16.4. The van der Waals surface area contributed by atoms with Crippen LogP contribution < -0.4 is 0 Å². The van der Waals surface area contributed by atoms with Crippen molar-refractivity contribution in [2.24, 2.45) is 5.92 Å². The summed E-state index contributed by atoms with van der Waals surface area (Å²) in [5, 5.41) is 9.23. The van der Waals surface area contributed by atoms with Crippen LogP contribution in [0.5, 0.6) is 0 Å². The zero-order chi connectivity index (χ0) is 12.3. The number of carbonyl (C=O) groups is 1. The van der Waals surface area contributed by atoms with E-state index in [4.69, 9.17) is 0 Å². The van der Waals surface area contributed by atoms with E-state index < -0.39 is 5.97 Å². The van der Waals surface area contributed by atoms with E-state index in [0.29, 0.717) is 12.3 Å². The summed E-state index contributed by atoms with van der Waals surface area (Å²) in [6.45, 7) is 4.39. The van der Waals surface area contributed by atoms with Gasteiger partial charge >= 0.3 is 5.97 Å². The van der Waals surface area contributed by atoms with Crippen LogP contribution in [0, 0.1) is 5.92 Å². The van der Waals surface area contributed by atoms with Crippen LogP contribution in [0.4, 0.5) is 0 Å². The second-order valence-electron chi connectivity index (χ2n) is 5.70. The molecule has 2 aliphatic rings. The number of carboxylic acid groups (broad SMARTS) is 1. The lowest BCUT2D eigenvalue weighted by atomic mass is 9.84. The molecule has 2 fully saturated rings. The van der Waals surface area contributed by atoms with Crippen LogP contribution in [0.25, 0.3) is 0 Å². The molecule has 17 heavy (non-hydrogen) atoms. The van der Waals surface area contributed by atoms with Gasteiger partial charge in [-0.25, -0.2) is 0 Å². The zero-order valence-corrected chi connectivity index (χ0v) is 11.0. The summed E-state index contributed by atoms with van der Waals surface area (Å²) in [7, 11) is 0. The van der Waals surface area contributed by atoms with Crippen molar-refractivity contribution in [1.29, 1.82) is 0 Å². The highest BCUT2D eigenvalue weighted by Gasteiger charge is 2.48. The first-order chi connectivity index (χ1) is 8.19. The molecule has 1 saturated heterocycles. The summed E-state index contributed by atoms with van der Waals surface area (Å²) in [5.41, 5.74) is -0.0316. The Morgan fingerprint density at radius 3 is 2.24 bits per heavy atom. The third-order valence-electron chi connectivity index (χ3n) is 4.64. The second kappa shape index (κ2) is 5.38. The van der Waals surface area contributed by atoms with Crippen molar-refractivity contribution in [3.05, 3.63) is 0 Å². The Balaban J connectivity index is 2.14. The predicted octanol–water partition coefficient (Wildman–Crippen LogP) is 2.90. The van der Waals surface area contributed by atoms with Crippen LogP contribution in [0.3, 0.4) is 0 Å². The minimum absolute atomic E-state index is 0.0316. The fourth-order valence-electron chi connectivity index (χ4n) is 3.55. The molecule has 0 aromatic carbocycles. The minimum Gasteiger partial charge on any atom is -0.481 e. The molecule has 0 aromatic rings. The predicted molar refractivity (Wildman–Crippen MR) is 68.0 cm³/mol. The summed E-state index contributed by atoms with van der Waals surface area (Å²) < 4.78 is 0. The molecule has 1 heterocycles. The van der Waals surface area contributed by atoms with Crippen molar-refractivity contribution in [2.45, 2.75) is 63.8 Å². The molecule has 3 nitrogen and oxygen atoms in total. The standard InChI is InChI=1S/C14H25NO2/c1-2-14(11-13(16)17,12-7-8-12)15-9-5-3-4-6-10-15/h12H,2-11H2,1H3,(H,16,17). The fraction of sp³-hybridized carbons (Fsp3) is 0.929. The number of carboxylic acids is 1. The van der Waals surface area contributed by atoms with Gasteiger partial charge in [-0.3, -0.25) is 9.69 Å². The van der Waals surface area contributed by atoms with E-state index >= 15 is 0 Å². The molecule has 3 heteroatoms. The maximum Gasteiger partial charge on any atom is 0.305 e. The SMILES string of the molecule is CCC(CC(=O)O)(C1CC1)N1CCCCCC1. The van der Waals surface area contributed by atoms with E-state index in [0.717, 1.165) is 19.5 Å². The average molecular weight is 239 g/mol. The van der Waals surface area contributed by atoms with Crippen LogP contribution in [0.2, 0.25) is 0 Å². The van der Waals surface area contributed by atoms with Crippen molar-refractivity contribution < 1.29 is 9.90 Å². The van der Waals surface area contributed by atoms with Gasteiger partial charge in [-0.05, 0) is 51.1 Å². The molecule has 2 rings (SSSR count). The fourth-order valence-corrected chi connectivity index (χ4v) is 3.55. The third-order valence-corrected chi connectivity index (χ3v) is 4.64. The molecule has 0 radical (unpaired) electrons. The number of hydrogen-bond donors (Lipinski definition) is 1. The van der Waals surface area contributed by atoms with Gasteiger partial charge in [0.25, 0.3) is 0 Å². The van der Waals surface area contributed by atoms with Gasteiger partial charge in [-0.2, -0.15) is 0 Å². The van der Waals surface area contributed by atoms with Crippen molar-refractivity contribution in [3.63, 3.8) is 0 Å². The van der Waals surface area contributed by atoms with Gasteiger partial charge < -0.3 is 5.11 Å². The van der Waals surface area contributed by atoms with Gasteiger partial charge in [0.2, 0.25) is 0 Å². The van der Waals surface area contributed by atoms with Crippen LogP contribution in [-0.4, -0.2) is 34.6 Å². The first kappa shape index (κ1) is 12.9. The van der Waals surface area contributed by atoms with E-state index in [1.807, 2.05) is 0 Å². The van der Waals surface area contributed by atoms with Gasteiger partial charge in [-0.1, -0.05) is 19.8 Å². The molecule has 0 bridgehead atoms. The molecule has 1 N–H and O–H groups in total. The quantitative estimate of drug-likeness (QED) is 0.802. The van der Waals surface area contributed by atoms with Crippen molar-refractivity contribution in [2.75, 3.05) is 13.1 Å². The smallest absolute Gasteiger partial charge is 0.305 e. The highest BCUT2D eigenvalue weighted by Crippen LogP contribution is 2.47. The van der Waals surface area contributed by atoms with E-state index in [1.165, 1.54) is 38.5 Å². The molecule has 0 amide bonds. The largest absolute Gasteiger partial charge is 0.481 e. The summed E-state index contributed by atoms with van der Waals surface area (Å²) in [6, 6.07) is 0. The van der Waals surface area contributed by atoms with Crippen LogP contribution in [-0.2, 0) is 4.79 Å². The molecule has 98 valence electrons. The Morgan fingerprint density at radius 2 is 1.82 bits per heavy atom. The highest BCUT2D eigenvalue weighted by molar-refractivity contribution is 5.68. The van der Waals surface area contributed by atoms with Gasteiger partial charge in [0.15, 0.2) is 0 Å². The summed E-state index contributed by atoms with van der Waals surface area (Å²) in [5.74, 6) is 0.0182. The van der Waals surface area contributed by atoms with Gasteiger partial charge in [0.1, 0.15) is 0 Å². The maximum atomic E-state index is 11.2. The normalized spacial score (nSPS) is 26.2. The van der Waals surface area contributed by atoms with E-state index in [-0.39, 0.29) is 5.54 Å². The number of hydrogen-bond acceptors (Lipinski definition) is 2. The lowest BCUT2D eigenvalue weighted by molar-refractivity contribution is -0.141. The second-order valence-corrected chi connectivity index (χ2v) is 5.70. The first-order valence-corrected chi connectivity index (χ1v) is 7.16. The lowest BCUT2D eigenvalue weighted by Gasteiger charge is -2.43. The Bertz CT molecular complexity index is 267. The van der Waals surface area contributed by atoms with Crippen LogP contribution in [0.1, 0.15) is 58.3 Å². The molecular weight excluding hydrogens is 214 g/mol. The molecule has 1 aliphatic carbocycles. The molecule has 1 unspecified atom stereocenters. The number of nitrogens with zero attached hydrogens (tertiary/aromatic N) is 1. The molecule has 0 spiro atoms. The third kappa shape index (κ3) is 2.82. The molecule has 1 saturated carbocycles. The van der Waals surface area contributed by atoms with Gasteiger partial charge in [0.05, 0.1) is 6.42 Å². The lowest BCUT2D eigenvalue weighted by Crippen LogP contribution is -2.52. The zero-order valence-electron chi connectivity index (χ0n) is 11.0. The monoisotopic (exact) mass is 239 g/mol. The van der Waals surface area contributed by atoms with Gasteiger partial charge in [-0.15, -0.1) is 0 Å². The first-order valence-electron chi connectivity index (χ1n) is 7.16. The van der Waals surface area contributed by atoms with E-state index in [2.05, 4.69) is 11.8 Å². The molecule has 0 aromatic heterocycles. The molecule has 1 atom stereocenters.